The van der Waals surface area contributed by atoms with Crippen LogP contribution in [-0.2, 0) is 6.42 Å². The molecule has 0 aromatic carbocycles. The predicted molar refractivity (Wildman–Crippen MR) is 60.5 cm³/mol. The van der Waals surface area contributed by atoms with Crippen molar-refractivity contribution in [2.75, 3.05) is 0 Å². The van der Waals surface area contributed by atoms with Gasteiger partial charge in [0, 0.05) is 0 Å². The summed E-state index contributed by atoms with van der Waals surface area (Å²) in [7, 11) is 0. The lowest BCUT2D eigenvalue weighted by atomic mass is 10.1. The van der Waals surface area contributed by atoms with Crippen molar-refractivity contribution < 1.29 is 9.90 Å². The highest BCUT2D eigenvalue weighted by molar-refractivity contribution is 5.86. The molecule has 0 aliphatic carbocycles. The van der Waals surface area contributed by atoms with Gasteiger partial charge >= 0.3 is 5.97 Å². The zero-order chi connectivity index (χ0) is 12.3. The van der Waals surface area contributed by atoms with Crippen molar-refractivity contribution in [3.63, 3.8) is 0 Å². The summed E-state index contributed by atoms with van der Waals surface area (Å²) in [5.74, 6) is -0.607. The number of carbonyl (C=O) groups is 1. The first kappa shape index (κ1) is 12.7. The molecular formula is C11H19N3O2. The molecule has 1 atom stereocenters. The minimum atomic E-state index is -0.995. The lowest BCUT2D eigenvalue weighted by Crippen LogP contribution is -2.14. The first-order chi connectivity index (χ1) is 7.47. The Balaban J connectivity index is 3.13. The Morgan fingerprint density at radius 3 is 2.50 bits per heavy atom. The second-order valence-electron chi connectivity index (χ2n) is 4.49. The topological polar surface area (TPSA) is 68.0 Å². The SMILES string of the molecule is CCC(C)n1nnc(C(=O)O)c1CC(C)C. The molecule has 0 aliphatic heterocycles. The van der Waals surface area contributed by atoms with E-state index in [-0.39, 0.29) is 11.7 Å². The number of nitrogens with zero attached hydrogens (tertiary/aromatic N) is 3. The average molecular weight is 225 g/mol. The summed E-state index contributed by atoms with van der Waals surface area (Å²) in [6.07, 6.45) is 1.60. The van der Waals surface area contributed by atoms with E-state index in [1.54, 1.807) is 4.68 Å². The summed E-state index contributed by atoms with van der Waals surface area (Å²) in [6.45, 7) is 8.18. The minimum absolute atomic E-state index is 0.0917. The molecule has 1 rings (SSSR count). The summed E-state index contributed by atoms with van der Waals surface area (Å²) in [5, 5.41) is 16.7. The molecule has 0 amide bonds. The molecule has 0 fully saturated rings. The maximum Gasteiger partial charge on any atom is 0.358 e. The van der Waals surface area contributed by atoms with Crippen LogP contribution in [0.3, 0.4) is 0 Å². The molecule has 16 heavy (non-hydrogen) atoms. The molecule has 5 nitrogen and oxygen atoms in total. The molecule has 0 bridgehead atoms. The third-order valence-corrected chi connectivity index (χ3v) is 2.60. The van der Waals surface area contributed by atoms with Crippen LogP contribution in [0.15, 0.2) is 0 Å². The number of aromatic nitrogens is 3. The van der Waals surface area contributed by atoms with Crippen LogP contribution in [-0.4, -0.2) is 26.1 Å². The molecule has 0 radical (unpaired) electrons. The maximum atomic E-state index is 11.0. The fraction of sp³-hybridized carbons (Fsp3) is 0.727. The van der Waals surface area contributed by atoms with Crippen LogP contribution in [0.4, 0.5) is 0 Å². The van der Waals surface area contributed by atoms with E-state index in [1.807, 2.05) is 13.8 Å². The van der Waals surface area contributed by atoms with E-state index in [4.69, 9.17) is 5.11 Å². The number of hydrogen-bond acceptors (Lipinski definition) is 3. The average Bonchev–Trinajstić information content (AvgIpc) is 2.59. The van der Waals surface area contributed by atoms with Crippen molar-refractivity contribution in [2.45, 2.75) is 46.6 Å². The van der Waals surface area contributed by atoms with Gasteiger partial charge in [0.05, 0.1) is 11.7 Å². The second kappa shape index (κ2) is 5.09. The van der Waals surface area contributed by atoms with E-state index in [1.165, 1.54) is 0 Å². The number of rotatable bonds is 5. The first-order valence-electron chi connectivity index (χ1n) is 5.64. The molecule has 0 saturated carbocycles. The Morgan fingerprint density at radius 1 is 1.44 bits per heavy atom. The molecular weight excluding hydrogens is 206 g/mol. The van der Waals surface area contributed by atoms with Gasteiger partial charge in [-0.25, -0.2) is 9.48 Å². The Hall–Kier alpha value is -1.39. The van der Waals surface area contributed by atoms with Crippen molar-refractivity contribution in [1.29, 1.82) is 0 Å². The van der Waals surface area contributed by atoms with Crippen LogP contribution in [0.25, 0.3) is 0 Å². The summed E-state index contributed by atoms with van der Waals surface area (Å²) in [6, 6.07) is 0.189. The van der Waals surface area contributed by atoms with E-state index in [0.29, 0.717) is 12.3 Å². The molecule has 1 aromatic rings. The van der Waals surface area contributed by atoms with Gasteiger partial charge in [0.1, 0.15) is 0 Å². The number of hydrogen-bond donors (Lipinski definition) is 1. The first-order valence-corrected chi connectivity index (χ1v) is 5.64. The van der Waals surface area contributed by atoms with Gasteiger partial charge in [0.25, 0.3) is 0 Å². The third kappa shape index (κ3) is 2.59. The quantitative estimate of drug-likeness (QED) is 0.833. The van der Waals surface area contributed by atoms with E-state index < -0.39 is 5.97 Å². The Bertz CT molecular complexity index is 371. The van der Waals surface area contributed by atoms with E-state index in [2.05, 4.69) is 24.2 Å². The molecule has 1 heterocycles. The summed E-state index contributed by atoms with van der Waals surface area (Å²) in [4.78, 5) is 11.0. The van der Waals surface area contributed by atoms with Gasteiger partial charge in [-0.05, 0) is 25.7 Å². The number of carboxylic acid groups (broad SMARTS) is 1. The van der Waals surface area contributed by atoms with Crippen LogP contribution in [0.5, 0.6) is 0 Å². The zero-order valence-corrected chi connectivity index (χ0v) is 10.3. The van der Waals surface area contributed by atoms with E-state index in [0.717, 1.165) is 12.1 Å². The standard InChI is InChI=1S/C11H19N3O2/c1-5-8(4)14-9(6-7(2)3)10(11(15)16)12-13-14/h7-8H,5-6H2,1-4H3,(H,15,16). The smallest absolute Gasteiger partial charge is 0.358 e. The van der Waals surface area contributed by atoms with Gasteiger partial charge in [-0.3, -0.25) is 0 Å². The largest absolute Gasteiger partial charge is 0.476 e. The van der Waals surface area contributed by atoms with Crippen LogP contribution < -0.4 is 0 Å². The van der Waals surface area contributed by atoms with Gasteiger partial charge in [-0.1, -0.05) is 26.0 Å². The molecule has 1 unspecified atom stereocenters. The van der Waals surface area contributed by atoms with Crippen LogP contribution in [0.1, 0.15) is 56.3 Å². The zero-order valence-electron chi connectivity index (χ0n) is 10.3. The molecule has 1 aromatic heterocycles. The van der Waals surface area contributed by atoms with Crippen molar-refractivity contribution in [1.82, 2.24) is 15.0 Å². The fourth-order valence-corrected chi connectivity index (χ4v) is 1.58. The molecule has 5 heteroatoms. The molecule has 1 N–H and O–H groups in total. The molecule has 0 spiro atoms. The molecule has 0 aliphatic rings. The fourth-order valence-electron chi connectivity index (χ4n) is 1.58. The predicted octanol–water partition coefficient (Wildman–Crippen LogP) is 2.15. The lowest BCUT2D eigenvalue weighted by Gasteiger charge is -2.14. The normalized spacial score (nSPS) is 13.1. The Labute approximate surface area is 95.5 Å². The summed E-state index contributed by atoms with van der Waals surface area (Å²) in [5.41, 5.74) is 0.825. The highest BCUT2D eigenvalue weighted by atomic mass is 16.4. The summed E-state index contributed by atoms with van der Waals surface area (Å²) < 4.78 is 1.74. The van der Waals surface area contributed by atoms with Gasteiger partial charge in [-0.2, -0.15) is 0 Å². The van der Waals surface area contributed by atoms with E-state index in [9.17, 15) is 4.79 Å². The van der Waals surface area contributed by atoms with Crippen molar-refractivity contribution in [3.05, 3.63) is 11.4 Å². The van der Waals surface area contributed by atoms with Gasteiger partial charge in [-0.15, -0.1) is 5.10 Å². The van der Waals surface area contributed by atoms with Crippen LogP contribution >= 0.6 is 0 Å². The van der Waals surface area contributed by atoms with E-state index >= 15 is 0 Å². The molecule has 0 saturated heterocycles. The molecule has 90 valence electrons. The highest BCUT2D eigenvalue weighted by Crippen LogP contribution is 2.18. The van der Waals surface area contributed by atoms with Crippen LogP contribution in [0.2, 0.25) is 0 Å². The van der Waals surface area contributed by atoms with Gasteiger partial charge < -0.3 is 5.11 Å². The minimum Gasteiger partial charge on any atom is -0.476 e. The maximum absolute atomic E-state index is 11.0. The number of carboxylic acids is 1. The van der Waals surface area contributed by atoms with Crippen molar-refractivity contribution >= 4 is 5.97 Å². The Kier molecular flexibility index (Phi) is 4.04. The van der Waals surface area contributed by atoms with Gasteiger partial charge in [0.2, 0.25) is 0 Å². The highest BCUT2D eigenvalue weighted by Gasteiger charge is 2.21. The van der Waals surface area contributed by atoms with Crippen LogP contribution in [0, 0.1) is 5.92 Å². The lowest BCUT2D eigenvalue weighted by molar-refractivity contribution is 0.0689. The number of aromatic carboxylic acids is 1. The van der Waals surface area contributed by atoms with Crippen molar-refractivity contribution in [2.24, 2.45) is 5.92 Å². The Morgan fingerprint density at radius 2 is 2.06 bits per heavy atom. The summed E-state index contributed by atoms with van der Waals surface area (Å²) >= 11 is 0. The monoisotopic (exact) mass is 225 g/mol. The van der Waals surface area contributed by atoms with Crippen molar-refractivity contribution in [3.8, 4) is 0 Å². The second-order valence-corrected chi connectivity index (χ2v) is 4.49. The van der Waals surface area contributed by atoms with Gasteiger partial charge in [0.15, 0.2) is 5.69 Å². The third-order valence-electron chi connectivity index (χ3n) is 2.60.